The number of hydrogen-bond acceptors (Lipinski definition) is 2. The van der Waals surface area contributed by atoms with E-state index < -0.39 is 11.3 Å². The third-order valence-electron chi connectivity index (χ3n) is 0.938. The van der Waals surface area contributed by atoms with Gasteiger partial charge in [-0.15, -0.1) is 11.6 Å². The Morgan fingerprint density at radius 2 is 2.10 bits per heavy atom. The van der Waals surface area contributed by atoms with E-state index in [-0.39, 0.29) is 5.78 Å². The summed E-state index contributed by atoms with van der Waals surface area (Å²) in [5, 5.41) is 1.41. The van der Waals surface area contributed by atoms with E-state index in [1.54, 1.807) is 6.92 Å². The van der Waals surface area contributed by atoms with Crippen LogP contribution in [0.2, 0.25) is 0 Å². The topological polar surface area (TPSA) is 46.2 Å². The van der Waals surface area contributed by atoms with Crippen molar-refractivity contribution in [1.29, 1.82) is 0 Å². The summed E-state index contributed by atoms with van der Waals surface area (Å²) in [4.78, 5) is 21.2. The van der Waals surface area contributed by atoms with Crippen LogP contribution in [0.1, 0.15) is 13.8 Å². The largest absolute Gasteiger partial charge is 0.355 e. The number of ketones is 1. The average Bonchev–Trinajstić information content (AvgIpc) is 1.87. The molecule has 0 fully saturated rings. The van der Waals surface area contributed by atoms with Crippen LogP contribution in [0.4, 0.5) is 0 Å². The first-order valence-corrected chi connectivity index (χ1v) is 3.45. The normalized spacial score (nSPS) is 12.3. The molecule has 0 aliphatic rings. The number of carbonyl (C=O) groups is 2. The molecule has 1 amide bonds. The Labute approximate surface area is 64.7 Å². The fourth-order valence-corrected chi connectivity index (χ4v) is 0.526. The molecule has 1 atom stereocenters. The minimum atomic E-state index is -1.03. The zero-order valence-corrected chi connectivity index (χ0v) is 6.73. The van der Waals surface area contributed by atoms with Crippen LogP contribution < -0.4 is 5.32 Å². The number of rotatable bonds is 3. The molecule has 0 saturated carbocycles. The van der Waals surface area contributed by atoms with Crippen molar-refractivity contribution in [2.75, 3.05) is 6.54 Å². The lowest BCUT2D eigenvalue weighted by atomic mass is 10.3. The third-order valence-corrected chi connectivity index (χ3v) is 1.44. The molecule has 3 nitrogen and oxygen atoms in total. The number of carbonyl (C=O) groups excluding carboxylic acids is 2. The molecular weight excluding hydrogens is 154 g/mol. The van der Waals surface area contributed by atoms with Crippen LogP contribution in [0.25, 0.3) is 0 Å². The molecule has 58 valence electrons. The molecule has 0 spiro atoms. The highest BCUT2D eigenvalue weighted by Gasteiger charge is 2.18. The number of amides is 1. The Hall–Kier alpha value is -0.570. The van der Waals surface area contributed by atoms with Gasteiger partial charge in [0.25, 0.3) is 0 Å². The van der Waals surface area contributed by atoms with E-state index in [1.165, 1.54) is 6.92 Å². The van der Waals surface area contributed by atoms with Gasteiger partial charge < -0.3 is 5.32 Å². The maximum atomic E-state index is 10.7. The van der Waals surface area contributed by atoms with Gasteiger partial charge in [-0.3, -0.25) is 9.59 Å². The maximum absolute atomic E-state index is 10.7. The fourth-order valence-electron chi connectivity index (χ4n) is 0.448. The Balaban J connectivity index is 3.82. The van der Waals surface area contributed by atoms with E-state index >= 15 is 0 Å². The number of halogens is 1. The Morgan fingerprint density at radius 3 is 2.40 bits per heavy atom. The van der Waals surface area contributed by atoms with Crippen molar-refractivity contribution < 1.29 is 9.59 Å². The van der Waals surface area contributed by atoms with E-state index in [0.717, 1.165) is 0 Å². The zero-order chi connectivity index (χ0) is 8.15. The highest BCUT2D eigenvalue weighted by atomic mass is 35.5. The van der Waals surface area contributed by atoms with Crippen LogP contribution >= 0.6 is 11.6 Å². The summed E-state index contributed by atoms with van der Waals surface area (Å²) in [5.41, 5.74) is 0. The first-order valence-electron chi connectivity index (χ1n) is 3.01. The van der Waals surface area contributed by atoms with Crippen LogP contribution in [-0.4, -0.2) is 23.6 Å². The Kier molecular flexibility index (Phi) is 4.03. The summed E-state index contributed by atoms with van der Waals surface area (Å²) >= 11 is 5.38. The van der Waals surface area contributed by atoms with Crippen LogP contribution in [0.3, 0.4) is 0 Å². The van der Waals surface area contributed by atoms with Crippen molar-refractivity contribution in [1.82, 2.24) is 5.32 Å². The molecule has 0 aromatic heterocycles. The molecule has 0 aliphatic heterocycles. The van der Waals surface area contributed by atoms with Crippen molar-refractivity contribution in [2.45, 2.75) is 19.2 Å². The minimum absolute atomic E-state index is 0.326. The van der Waals surface area contributed by atoms with Gasteiger partial charge in [0.05, 0.1) is 0 Å². The first kappa shape index (κ1) is 9.43. The molecule has 0 bridgehead atoms. The summed E-state index contributed by atoms with van der Waals surface area (Å²) in [6.07, 6.45) is 0. The molecule has 1 N–H and O–H groups in total. The van der Waals surface area contributed by atoms with Crippen molar-refractivity contribution >= 4 is 23.3 Å². The number of hydrogen-bond donors (Lipinski definition) is 1. The van der Waals surface area contributed by atoms with Gasteiger partial charge in [-0.1, -0.05) is 0 Å². The van der Waals surface area contributed by atoms with Gasteiger partial charge >= 0.3 is 0 Å². The van der Waals surface area contributed by atoms with E-state index in [9.17, 15) is 9.59 Å². The summed E-state index contributed by atoms with van der Waals surface area (Å²) in [7, 11) is 0. The Bertz CT molecular complexity index is 147. The van der Waals surface area contributed by atoms with Gasteiger partial charge in [0, 0.05) is 6.54 Å². The highest BCUT2D eigenvalue weighted by Crippen LogP contribution is 1.95. The molecular formula is C6H10ClNO2. The Morgan fingerprint density at radius 1 is 1.60 bits per heavy atom. The third kappa shape index (κ3) is 2.82. The molecule has 0 saturated heterocycles. The second kappa shape index (κ2) is 4.28. The zero-order valence-electron chi connectivity index (χ0n) is 5.98. The predicted molar refractivity (Wildman–Crippen MR) is 39.0 cm³/mol. The minimum Gasteiger partial charge on any atom is -0.355 e. The van der Waals surface area contributed by atoms with Crippen molar-refractivity contribution in [3.63, 3.8) is 0 Å². The maximum Gasteiger partial charge on any atom is 0.245 e. The molecule has 0 aliphatic carbocycles. The van der Waals surface area contributed by atoms with Gasteiger partial charge in [0.15, 0.2) is 11.2 Å². The molecule has 4 heteroatoms. The second-order valence-electron chi connectivity index (χ2n) is 1.87. The number of Topliss-reactive ketones (excluding diaryl/α,β-unsaturated/α-hetero) is 1. The summed E-state index contributed by atoms with van der Waals surface area (Å²) in [5.74, 6) is -0.746. The molecule has 0 radical (unpaired) electrons. The van der Waals surface area contributed by atoms with Crippen molar-refractivity contribution in [3.8, 4) is 0 Å². The van der Waals surface area contributed by atoms with Gasteiger partial charge in [0.1, 0.15) is 0 Å². The summed E-state index contributed by atoms with van der Waals surface area (Å²) in [6, 6.07) is 0. The number of alkyl halides is 1. The van der Waals surface area contributed by atoms with E-state index in [0.29, 0.717) is 6.54 Å². The first-order chi connectivity index (χ1) is 4.59. The van der Waals surface area contributed by atoms with Crippen LogP contribution in [0, 0.1) is 0 Å². The molecule has 10 heavy (non-hydrogen) atoms. The number of nitrogens with one attached hydrogen (secondary N) is 1. The molecule has 0 aromatic rings. The lowest BCUT2D eigenvalue weighted by molar-refractivity contribution is -0.126. The fraction of sp³-hybridized carbons (Fsp3) is 0.667. The molecule has 0 rings (SSSR count). The van der Waals surface area contributed by atoms with E-state index in [2.05, 4.69) is 5.32 Å². The van der Waals surface area contributed by atoms with Gasteiger partial charge in [-0.25, -0.2) is 0 Å². The lowest BCUT2D eigenvalue weighted by Gasteiger charge is -2.03. The van der Waals surface area contributed by atoms with Crippen LogP contribution in [0.5, 0.6) is 0 Å². The second-order valence-corrected chi connectivity index (χ2v) is 2.30. The smallest absolute Gasteiger partial charge is 0.245 e. The van der Waals surface area contributed by atoms with Crippen molar-refractivity contribution in [2.24, 2.45) is 0 Å². The quantitative estimate of drug-likeness (QED) is 0.481. The standard InChI is InChI=1S/C6H10ClNO2/c1-3-8-6(10)5(7)4(2)9/h5H,3H2,1-2H3,(H,8,10). The predicted octanol–water partition coefficient (Wildman–Crippen LogP) is 0.319. The molecule has 0 aromatic carbocycles. The van der Waals surface area contributed by atoms with Crippen molar-refractivity contribution in [3.05, 3.63) is 0 Å². The van der Waals surface area contributed by atoms with Gasteiger partial charge in [-0.2, -0.15) is 0 Å². The van der Waals surface area contributed by atoms with Crippen LogP contribution in [0.15, 0.2) is 0 Å². The van der Waals surface area contributed by atoms with Gasteiger partial charge in [0.2, 0.25) is 5.91 Å². The van der Waals surface area contributed by atoms with E-state index in [4.69, 9.17) is 11.6 Å². The SMILES string of the molecule is CCNC(=O)C(Cl)C(C)=O. The summed E-state index contributed by atoms with van der Waals surface area (Å²) < 4.78 is 0. The van der Waals surface area contributed by atoms with E-state index in [1.807, 2.05) is 0 Å². The van der Waals surface area contributed by atoms with Crippen LogP contribution in [-0.2, 0) is 9.59 Å². The van der Waals surface area contributed by atoms with Gasteiger partial charge in [-0.05, 0) is 13.8 Å². The molecule has 0 heterocycles. The summed E-state index contributed by atoms with van der Waals surface area (Å²) in [6.45, 7) is 3.55. The average molecular weight is 164 g/mol. The monoisotopic (exact) mass is 163 g/mol. The highest BCUT2D eigenvalue weighted by molar-refractivity contribution is 6.41. The molecule has 1 unspecified atom stereocenters. The lowest BCUT2D eigenvalue weighted by Crippen LogP contribution is -2.34.